The molecule has 0 radical (unpaired) electrons. The van der Waals surface area contributed by atoms with Crippen molar-refractivity contribution >= 4 is 5.91 Å². The van der Waals surface area contributed by atoms with Crippen LogP contribution in [0.1, 0.15) is 38.2 Å². The van der Waals surface area contributed by atoms with Crippen LogP contribution in [0, 0.1) is 0 Å². The third-order valence-corrected chi connectivity index (χ3v) is 3.86. The Morgan fingerprint density at radius 1 is 1.45 bits per heavy atom. The van der Waals surface area contributed by atoms with Crippen LogP contribution in [-0.4, -0.2) is 41.5 Å². The Bertz CT molecular complexity index is 399. The predicted molar refractivity (Wildman–Crippen MR) is 80.5 cm³/mol. The number of hydrogen-bond donors (Lipinski definition) is 1. The second kappa shape index (κ2) is 8.00. The van der Waals surface area contributed by atoms with Crippen LogP contribution in [0.25, 0.3) is 0 Å². The van der Waals surface area contributed by atoms with Crippen LogP contribution < -0.4 is 5.32 Å². The number of rotatable bonds is 6. The van der Waals surface area contributed by atoms with Crippen LogP contribution in [0.4, 0.5) is 0 Å². The highest BCUT2D eigenvalue weighted by atomic mass is 16.1. The molecule has 1 aliphatic heterocycles. The predicted octanol–water partition coefficient (Wildman–Crippen LogP) is 2.00. The third-order valence-electron chi connectivity index (χ3n) is 3.86. The zero-order chi connectivity index (χ0) is 14.2. The van der Waals surface area contributed by atoms with Crippen LogP contribution in [0.2, 0.25) is 0 Å². The van der Waals surface area contributed by atoms with Gasteiger partial charge in [-0.15, -0.1) is 0 Å². The Morgan fingerprint density at radius 2 is 2.25 bits per heavy atom. The molecular weight excluding hydrogens is 250 g/mol. The molecule has 20 heavy (non-hydrogen) atoms. The maximum atomic E-state index is 11.9. The number of piperidine rings is 1. The van der Waals surface area contributed by atoms with Gasteiger partial charge in [0, 0.05) is 37.9 Å². The third kappa shape index (κ3) is 4.93. The van der Waals surface area contributed by atoms with Gasteiger partial charge in [-0.2, -0.15) is 0 Å². The van der Waals surface area contributed by atoms with Crippen molar-refractivity contribution in [2.75, 3.05) is 19.6 Å². The van der Waals surface area contributed by atoms with Crippen molar-refractivity contribution in [3.8, 4) is 0 Å². The zero-order valence-electron chi connectivity index (χ0n) is 12.3. The standard InChI is InChI=1S/C16H25N3O/c1-2-10-19-11-7-15(8-12-19)18-16(20)6-5-14-4-3-9-17-13-14/h3-4,9,13,15H,2,5-8,10-12H2,1H3,(H,18,20). The Labute approximate surface area is 121 Å². The number of nitrogens with one attached hydrogen (secondary N) is 1. The van der Waals surface area contributed by atoms with Crippen molar-refractivity contribution in [3.63, 3.8) is 0 Å². The van der Waals surface area contributed by atoms with Crippen molar-refractivity contribution in [2.45, 2.75) is 45.1 Å². The average Bonchev–Trinajstić information content (AvgIpc) is 2.49. The molecule has 1 saturated heterocycles. The van der Waals surface area contributed by atoms with Crippen LogP contribution in [0.3, 0.4) is 0 Å². The molecule has 0 aromatic carbocycles. The van der Waals surface area contributed by atoms with E-state index in [0.29, 0.717) is 12.5 Å². The molecule has 0 atom stereocenters. The molecule has 0 bridgehead atoms. The normalized spacial score (nSPS) is 17.1. The first kappa shape index (κ1) is 15.0. The topological polar surface area (TPSA) is 45.2 Å². The van der Waals surface area contributed by atoms with E-state index in [-0.39, 0.29) is 5.91 Å². The van der Waals surface area contributed by atoms with Crippen LogP contribution in [0.15, 0.2) is 24.5 Å². The summed E-state index contributed by atoms with van der Waals surface area (Å²) in [5.74, 6) is 0.169. The molecule has 1 amide bonds. The molecular formula is C16H25N3O. The molecule has 0 aliphatic carbocycles. The molecule has 2 heterocycles. The minimum Gasteiger partial charge on any atom is -0.353 e. The SMILES string of the molecule is CCCN1CCC(NC(=O)CCc2cccnc2)CC1. The number of aryl methyl sites for hydroxylation is 1. The van der Waals surface area contributed by atoms with E-state index >= 15 is 0 Å². The summed E-state index contributed by atoms with van der Waals surface area (Å²) >= 11 is 0. The maximum absolute atomic E-state index is 11.9. The average molecular weight is 275 g/mol. The first-order chi connectivity index (χ1) is 9.78. The van der Waals surface area contributed by atoms with Gasteiger partial charge in [0.15, 0.2) is 0 Å². The Kier molecular flexibility index (Phi) is 5.99. The van der Waals surface area contributed by atoms with Crippen molar-refractivity contribution in [1.29, 1.82) is 0 Å². The van der Waals surface area contributed by atoms with E-state index in [1.807, 2.05) is 18.3 Å². The number of carbonyl (C=O) groups excluding carboxylic acids is 1. The van der Waals surface area contributed by atoms with Gasteiger partial charge < -0.3 is 10.2 Å². The molecule has 0 saturated carbocycles. The van der Waals surface area contributed by atoms with Crippen LogP contribution >= 0.6 is 0 Å². The first-order valence-corrected chi connectivity index (χ1v) is 7.68. The number of amides is 1. The van der Waals surface area contributed by atoms with Crippen molar-refractivity contribution in [2.24, 2.45) is 0 Å². The van der Waals surface area contributed by atoms with Crippen LogP contribution in [0.5, 0.6) is 0 Å². The highest BCUT2D eigenvalue weighted by Crippen LogP contribution is 2.11. The number of nitrogens with zero attached hydrogens (tertiary/aromatic N) is 2. The summed E-state index contributed by atoms with van der Waals surface area (Å²) in [7, 11) is 0. The summed E-state index contributed by atoms with van der Waals surface area (Å²) in [6, 6.07) is 4.30. The summed E-state index contributed by atoms with van der Waals surface area (Å²) in [4.78, 5) is 18.5. The van der Waals surface area contributed by atoms with Crippen molar-refractivity contribution < 1.29 is 4.79 Å². The fraction of sp³-hybridized carbons (Fsp3) is 0.625. The lowest BCUT2D eigenvalue weighted by Gasteiger charge is -2.32. The van der Waals surface area contributed by atoms with E-state index in [0.717, 1.165) is 37.9 Å². The fourth-order valence-corrected chi connectivity index (χ4v) is 2.72. The van der Waals surface area contributed by atoms with Crippen molar-refractivity contribution in [1.82, 2.24) is 15.2 Å². The summed E-state index contributed by atoms with van der Waals surface area (Å²) in [5.41, 5.74) is 1.13. The second-order valence-corrected chi connectivity index (χ2v) is 5.54. The lowest BCUT2D eigenvalue weighted by atomic mass is 10.0. The number of likely N-dealkylation sites (tertiary alicyclic amines) is 1. The first-order valence-electron chi connectivity index (χ1n) is 7.68. The maximum Gasteiger partial charge on any atom is 0.220 e. The second-order valence-electron chi connectivity index (χ2n) is 5.54. The van der Waals surface area contributed by atoms with Gasteiger partial charge in [0.05, 0.1) is 0 Å². The van der Waals surface area contributed by atoms with Crippen LogP contribution in [-0.2, 0) is 11.2 Å². The van der Waals surface area contributed by atoms with Gasteiger partial charge in [-0.3, -0.25) is 9.78 Å². The minimum atomic E-state index is 0.169. The summed E-state index contributed by atoms with van der Waals surface area (Å²) in [6.45, 7) is 5.62. The summed E-state index contributed by atoms with van der Waals surface area (Å²) in [6.07, 6.45) is 8.29. The van der Waals surface area contributed by atoms with Gasteiger partial charge in [0.25, 0.3) is 0 Å². The van der Waals surface area contributed by atoms with Gasteiger partial charge in [-0.25, -0.2) is 0 Å². The Morgan fingerprint density at radius 3 is 2.90 bits per heavy atom. The lowest BCUT2D eigenvalue weighted by Crippen LogP contribution is -2.44. The molecule has 1 N–H and O–H groups in total. The van der Waals surface area contributed by atoms with E-state index in [2.05, 4.69) is 22.1 Å². The molecule has 2 rings (SSSR count). The Hall–Kier alpha value is -1.42. The molecule has 1 aliphatic rings. The van der Waals surface area contributed by atoms with E-state index in [1.54, 1.807) is 6.20 Å². The van der Waals surface area contributed by atoms with E-state index in [4.69, 9.17) is 0 Å². The number of hydrogen-bond acceptors (Lipinski definition) is 3. The van der Waals surface area contributed by atoms with E-state index in [1.165, 1.54) is 13.0 Å². The van der Waals surface area contributed by atoms with Gasteiger partial charge in [0.1, 0.15) is 0 Å². The summed E-state index contributed by atoms with van der Waals surface area (Å²) < 4.78 is 0. The number of carbonyl (C=O) groups is 1. The highest BCUT2D eigenvalue weighted by molar-refractivity contribution is 5.76. The molecule has 0 spiro atoms. The smallest absolute Gasteiger partial charge is 0.220 e. The molecule has 4 heteroatoms. The van der Waals surface area contributed by atoms with Gasteiger partial charge in [-0.1, -0.05) is 13.0 Å². The molecule has 1 fully saturated rings. The van der Waals surface area contributed by atoms with Gasteiger partial charge in [0.2, 0.25) is 5.91 Å². The quantitative estimate of drug-likeness (QED) is 0.863. The fourth-order valence-electron chi connectivity index (χ4n) is 2.72. The molecule has 1 aromatic rings. The molecule has 1 aromatic heterocycles. The number of aromatic nitrogens is 1. The molecule has 4 nitrogen and oxygen atoms in total. The molecule has 110 valence electrons. The molecule has 0 unspecified atom stereocenters. The monoisotopic (exact) mass is 275 g/mol. The zero-order valence-corrected chi connectivity index (χ0v) is 12.3. The minimum absolute atomic E-state index is 0.169. The highest BCUT2D eigenvalue weighted by Gasteiger charge is 2.19. The van der Waals surface area contributed by atoms with Gasteiger partial charge >= 0.3 is 0 Å². The lowest BCUT2D eigenvalue weighted by molar-refractivity contribution is -0.122. The Balaban J connectivity index is 1.65. The summed E-state index contributed by atoms with van der Waals surface area (Å²) in [5, 5.41) is 3.17. The van der Waals surface area contributed by atoms with Gasteiger partial charge in [-0.05, 0) is 43.9 Å². The largest absolute Gasteiger partial charge is 0.353 e. The number of pyridine rings is 1. The van der Waals surface area contributed by atoms with E-state index < -0.39 is 0 Å². The van der Waals surface area contributed by atoms with Crippen molar-refractivity contribution in [3.05, 3.63) is 30.1 Å². The van der Waals surface area contributed by atoms with E-state index in [9.17, 15) is 4.79 Å².